The van der Waals surface area contributed by atoms with E-state index in [-0.39, 0.29) is 6.10 Å². The first-order chi connectivity index (χ1) is 12.2. The van der Waals surface area contributed by atoms with Crippen LogP contribution in [0.4, 0.5) is 5.13 Å². The van der Waals surface area contributed by atoms with Crippen molar-refractivity contribution in [1.82, 2.24) is 19.9 Å². The molecule has 4 heterocycles. The van der Waals surface area contributed by atoms with Gasteiger partial charge in [-0.1, -0.05) is 22.9 Å². The summed E-state index contributed by atoms with van der Waals surface area (Å²) in [5, 5.41) is 13.0. The SMILES string of the molecule is S=c1[nH]nc([C@@H]2CCCO2)n1/N=C\c1sc(N2CCCCC2)nc1Cl. The highest BCUT2D eigenvalue weighted by Crippen LogP contribution is 2.31. The second-order valence-electron chi connectivity index (χ2n) is 6.14. The zero-order valence-electron chi connectivity index (χ0n) is 13.7. The molecule has 2 fully saturated rings. The van der Waals surface area contributed by atoms with Gasteiger partial charge in [-0.05, 0) is 44.3 Å². The van der Waals surface area contributed by atoms with E-state index < -0.39 is 0 Å². The number of nitrogens with zero attached hydrogens (tertiary/aromatic N) is 5. The summed E-state index contributed by atoms with van der Waals surface area (Å²) in [5.41, 5.74) is 0. The number of hydrogen-bond donors (Lipinski definition) is 1. The van der Waals surface area contributed by atoms with Gasteiger partial charge in [0.1, 0.15) is 6.10 Å². The number of halogens is 1. The Morgan fingerprint density at radius 2 is 2.16 bits per heavy atom. The third kappa shape index (κ3) is 3.64. The maximum absolute atomic E-state index is 6.31. The van der Waals surface area contributed by atoms with Crippen molar-refractivity contribution < 1.29 is 4.74 Å². The van der Waals surface area contributed by atoms with Crippen LogP contribution in [-0.2, 0) is 4.74 Å². The summed E-state index contributed by atoms with van der Waals surface area (Å²) in [5.74, 6) is 0.704. The average Bonchev–Trinajstić information content (AvgIpc) is 3.35. The normalized spacial score (nSPS) is 21.5. The molecule has 2 aliphatic heterocycles. The number of nitrogens with one attached hydrogen (secondary N) is 1. The molecule has 2 aromatic heterocycles. The summed E-state index contributed by atoms with van der Waals surface area (Å²) in [6, 6.07) is 0. The molecular weight excluding hydrogens is 380 g/mol. The number of piperidine rings is 1. The van der Waals surface area contributed by atoms with Crippen LogP contribution in [0.25, 0.3) is 0 Å². The molecule has 134 valence electrons. The van der Waals surface area contributed by atoms with Gasteiger partial charge in [0, 0.05) is 19.7 Å². The number of aromatic amines is 1. The lowest BCUT2D eigenvalue weighted by Crippen LogP contribution is -2.29. The molecule has 0 spiro atoms. The Labute approximate surface area is 159 Å². The van der Waals surface area contributed by atoms with E-state index >= 15 is 0 Å². The predicted molar refractivity (Wildman–Crippen MR) is 102 cm³/mol. The Morgan fingerprint density at radius 3 is 2.92 bits per heavy atom. The molecule has 7 nitrogen and oxygen atoms in total. The first kappa shape index (κ1) is 17.1. The molecule has 10 heteroatoms. The second kappa shape index (κ2) is 7.53. The fourth-order valence-electron chi connectivity index (χ4n) is 3.12. The van der Waals surface area contributed by atoms with Crippen LogP contribution < -0.4 is 4.90 Å². The van der Waals surface area contributed by atoms with Crippen LogP contribution >= 0.6 is 35.2 Å². The number of H-pyrrole nitrogens is 1. The lowest BCUT2D eigenvalue weighted by atomic mass is 10.1. The number of aromatic nitrogens is 4. The van der Waals surface area contributed by atoms with Gasteiger partial charge >= 0.3 is 0 Å². The molecule has 2 saturated heterocycles. The van der Waals surface area contributed by atoms with E-state index in [0.29, 0.717) is 15.7 Å². The summed E-state index contributed by atoms with van der Waals surface area (Å²) < 4.78 is 7.74. The molecule has 0 amide bonds. The van der Waals surface area contributed by atoms with Crippen LogP contribution in [0.15, 0.2) is 5.10 Å². The van der Waals surface area contributed by atoms with E-state index in [4.69, 9.17) is 28.6 Å². The molecule has 1 atom stereocenters. The smallest absolute Gasteiger partial charge is 0.216 e. The third-order valence-corrected chi connectivity index (χ3v) is 6.12. The maximum Gasteiger partial charge on any atom is 0.216 e. The van der Waals surface area contributed by atoms with E-state index in [0.717, 1.165) is 42.5 Å². The van der Waals surface area contributed by atoms with E-state index in [1.54, 1.807) is 22.2 Å². The Hall–Kier alpha value is -1.29. The van der Waals surface area contributed by atoms with E-state index in [1.807, 2.05) is 0 Å². The molecule has 0 radical (unpaired) electrons. The molecule has 0 bridgehead atoms. The molecule has 0 aliphatic carbocycles. The van der Waals surface area contributed by atoms with Crippen LogP contribution in [0.1, 0.15) is 48.9 Å². The Kier molecular flexibility index (Phi) is 5.16. The average molecular weight is 399 g/mol. The van der Waals surface area contributed by atoms with Gasteiger partial charge in [0.2, 0.25) is 4.77 Å². The van der Waals surface area contributed by atoms with Crippen molar-refractivity contribution in [3.8, 4) is 0 Å². The molecule has 1 N–H and O–H groups in total. The molecule has 25 heavy (non-hydrogen) atoms. The summed E-state index contributed by atoms with van der Waals surface area (Å²) in [4.78, 5) is 7.60. The van der Waals surface area contributed by atoms with Gasteiger partial charge in [-0.3, -0.25) is 5.10 Å². The molecular formula is C15H19ClN6OS2. The van der Waals surface area contributed by atoms with Gasteiger partial charge in [0.15, 0.2) is 16.1 Å². The lowest BCUT2D eigenvalue weighted by Gasteiger charge is -2.25. The highest BCUT2D eigenvalue weighted by atomic mass is 35.5. The van der Waals surface area contributed by atoms with Crippen molar-refractivity contribution in [2.24, 2.45) is 5.10 Å². The molecule has 0 aromatic carbocycles. The van der Waals surface area contributed by atoms with Crippen LogP contribution in [0, 0.1) is 4.77 Å². The molecule has 2 aromatic rings. The molecule has 0 saturated carbocycles. The fourth-order valence-corrected chi connectivity index (χ4v) is 4.47. The van der Waals surface area contributed by atoms with Gasteiger partial charge in [-0.15, -0.1) is 0 Å². The molecule has 4 rings (SSSR count). The van der Waals surface area contributed by atoms with Crippen LogP contribution in [0.5, 0.6) is 0 Å². The van der Waals surface area contributed by atoms with E-state index in [1.165, 1.54) is 19.3 Å². The van der Waals surface area contributed by atoms with Crippen molar-refractivity contribution >= 4 is 46.5 Å². The van der Waals surface area contributed by atoms with E-state index in [2.05, 4.69) is 25.2 Å². The molecule has 0 unspecified atom stereocenters. The van der Waals surface area contributed by atoms with Gasteiger partial charge in [-0.2, -0.15) is 14.9 Å². The van der Waals surface area contributed by atoms with E-state index in [9.17, 15) is 0 Å². The number of anilines is 1. The Balaban J connectivity index is 1.57. The summed E-state index contributed by atoms with van der Waals surface area (Å²) in [6.45, 7) is 2.82. The van der Waals surface area contributed by atoms with Crippen LogP contribution in [0.2, 0.25) is 5.15 Å². The Morgan fingerprint density at radius 1 is 1.32 bits per heavy atom. The highest BCUT2D eigenvalue weighted by molar-refractivity contribution is 7.71. The van der Waals surface area contributed by atoms with Crippen molar-refractivity contribution in [1.29, 1.82) is 0 Å². The number of thiazole rings is 1. The van der Waals surface area contributed by atoms with Gasteiger partial charge < -0.3 is 9.64 Å². The third-order valence-electron chi connectivity index (χ3n) is 4.41. The zero-order chi connectivity index (χ0) is 17.2. The minimum absolute atomic E-state index is 0.0639. The fraction of sp³-hybridized carbons (Fsp3) is 0.600. The lowest BCUT2D eigenvalue weighted by molar-refractivity contribution is 0.102. The predicted octanol–water partition coefficient (Wildman–Crippen LogP) is 3.77. The van der Waals surface area contributed by atoms with Crippen LogP contribution in [0.3, 0.4) is 0 Å². The monoisotopic (exact) mass is 398 g/mol. The minimum Gasteiger partial charge on any atom is -0.370 e. The quantitative estimate of drug-likeness (QED) is 0.626. The summed E-state index contributed by atoms with van der Waals surface area (Å²) >= 11 is 13.2. The first-order valence-corrected chi connectivity index (χ1v) is 10.1. The standard InChI is InChI=1S/C15H19ClN6OS2/c16-12-11(25-15(18-12)21-6-2-1-3-7-21)9-17-22-13(19-20-14(22)24)10-5-4-8-23-10/h9-10H,1-8H2,(H,20,24)/b17-9-/t10-/m0/s1. The van der Waals surface area contributed by atoms with Gasteiger partial charge in [0.25, 0.3) is 0 Å². The molecule has 2 aliphatic rings. The summed E-state index contributed by atoms with van der Waals surface area (Å²) in [7, 11) is 0. The van der Waals surface area contributed by atoms with Crippen molar-refractivity contribution in [2.45, 2.75) is 38.2 Å². The summed E-state index contributed by atoms with van der Waals surface area (Å²) in [6.07, 6.45) is 7.28. The Bertz CT molecular complexity index is 816. The zero-order valence-corrected chi connectivity index (χ0v) is 16.0. The number of ether oxygens (including phenoxy) is 1. The largest absolute Gasteiger partial charge is 0.370 e. The number of hydrogen-bond acceptors (Lipinski definition) is 7. The second-order valence-corrected chi connectivity index (χ2v) is 7.90. The van der Waals surface area contributed by atoms with Crippen LogP contribution in [-0.4, -0.2) is 45.8 Å². The first-order valence-electron chi connectivity index (χ1n) is 8.47. The van der Waals surface area contributed by atoms with Crippen molar-refractivity contribution in [3.05, 3.63) is 20.6 Å². The highest BCUT2D eigenvalue weighted by Gasteiger charge is 2.23. The maximum atomic E-state index is 6.31. The minimum atomic E-state index is -0.0639. The van der Waals surface area contributed by atoms with Gasteiger partial charge in [-0.25, -0.2) is 4.98 Å². The number of rotatable bonds is 4. The van der Waals surface area contributed by atoms with Gasteiger partial charge in [0.05, 0.1) is 11.1 Å². The van der Waals surface area contributed by atoms with Crippen molar-refractivity contribution in [3.63, 3.8) is 0 Å². The van der Waals surface area contributed by atoms with Crippen molar-refractivity contribution in [2.75, 3.05) is 24.6 Å². The topological polar surface area (TPSA) is 71.3 Å².